The molecular formula is C30H18N6Na4O9S3. The Morgan fingerprint density at radius 1 is 0.538 bits per heavy atom. The maximum Gasteiger partial charge on any atom is 1.00 e. The van der Waals surface area contributed by atoms with E-state index in [-0.39, 0.29) is 146 Å². The quantitative estimate of drug-likeness (QED) is 0.0574. The molecule has 0 amide bonds. The van der Waals surface area contributed by atoms with E-state index in [1.54, 1.807) is 24.3 Å². The summed E-state index contributed by atoms with van der Waals surface area (Å²) in [6.07, 6.45) is 5.11. The van der Waals surface area contributed by atoms with Gasteiger partial charge in [-0.3, -0.25) is 0 Å². The Labute approximate surface area is 387 Å². The second-order valence-electron chi connectivity index (χ2n) is 9.99. The molecule has 0 spiro atoms. The van der Waals surface area contributed by atoms with E-state index in [1.807, 2.05) is 0 Å². The molecule has 4 aromatic carbocycles. The maximum absolute atomic E-state index is 12.2. The zero-order valence-electron chi connectivity index (χ0n) is 28.0. The zero-order chi connectivity index (χ0) is 34.3. The second kappa shape index (κ2) is 19.0. The van der Waals surface area contributed by atoms with Crippen LogP contribution in [0, 0.1) is 6.07 Å². The standard InChI is InChI=1S/C30H21N6O9S3.4Na/c37-46(38,39)26-14-10-21(11-15-26)28-19-32-36(34-28)25-13-9-23(30(17-25)48(43,44)45)7-6-22-8-12-24(16-29(22)47(40,41)42)35-31-18-27(33-35)20-4-2-1-3-5-20;;;;/h2-19H,(H,37,38,39)(H,40,41,42)(H,43,44,45);;;;/q-1;4*+1/p-3. The molecule has 0 fully saturated rings. The number of hydrogen-bond acceptors (Lipinski definition) is 13. The van der Waals surface area contributed by atoms with Gasteiger partial charge >= 0.3 is 118 Å². The minimum absolute atomic E-state index is 0. The maximum atomic E-state index is 12.2. The summed E-state index contributed by atoms with van der Waals surface area (Å²) in [5.41, 5.74) is 1.90. The van der Waals surface area contributed by atoms with Gasteiger partial charge in [-0.15, -0.1) is 10.7 Å². The minimum Gasteiger partial charge on any atom is -0.744 e. The summed E-state index contributed by atoms with van der Waals surface area (Å²) in [7, 11) is -14.8. The summed E-state index contributed by atoms with van der Waals surface area (Å²) in [6.45, 7) is 0. The molecule has 0 unspecified atom stereocenters. The number of aromatic nitrogens is 6. The van der Waals surface area contributed by atoms with Gasteiger partial charge in [-0.25, -0.2) is 25.3 Å². The van der Waals surface area contributed by atoms with Crippen molar-refractivity contribution in [2.24, 2.45) is 0 Å². The molecule has 22 heteroatoms. The third-order valence-electron chi connectivity index (χ3n) is 6.87. The molecule has 6 rings (SSSR count). The van der Waals surface area contributed by atoms with Gasteiger partial charge in [0.15, 0.2) is 0 Å². The fourth-order valence-electron chi connectivity index (χ4n) is 4.57. The van der Waals surface area contributed by atoms with Gasteiger partial charge in [0.05, 0.1) is 44.1 Å². The van der Waals surface area contributed by atoms with Crippen molar-refractivity contribution in [1.82, 2.24) is 30.0 Å². The number of hydrogen-bond donors (Lipinski definition) is 0. The van der Waals surface area contributed by atoms with Crippen molar-refractivity contribution in [2.75, 3.05) is 0 Å². The first kappa shape index (κ1) is 46.8. The second-order valence-corrected chi connectivity index (χ2v) is 14.1. The van der Waals surface area contributed by atoms with Crippen LogP contribution in [-0.4, -0.2) is 68.9 Å². The Bertz CT molecular complexity index is 2550. The van der Waals surface area contributed by atoms with Crippen molar-refractivity contribution < 1.29 is 157 Å². The molecule has 2 aromatic heterocycles. The molecule has 0 bridgehead atoms. The van der Waals surface area contributed by atoms with E-state index >= 15 is 0 Å². The van der Waals surface area contributed by atoms with Crippen LogP contribution in [0.25, 0.3) is 46.0 Å². The first-order chi connectivity index (χ1) is 22.7. The Balaban J connectivity index is 0.00000234. The van der Waals surface area contributed by atoms with Crippen LogP contribution in [0.3, 0.4) is 0 Å². The van der Waals surface area contributed by atoms with E-state index in [1.165, 1.54) is 60.9 Å². The molecule has 2 heterocycles. The number of benzene rings is 4. The molecular weight excluding hydrogens is 777 g/mol. The van der Waals surface area contributed by atoms with E-state index in [2.05, 4.69) is 26.5 Å². The van der Waals surface area contributed by atoms with Crippen molar-refractivity contribution in [3.63, 3.8) is 0 Å². The van der Waals surface area contributed by atoms with Crippen molar-refractivity contribution in [1.29, 1.82) is 0 Å². The summed E-state index contributed by atoms with van der Waals surface area (Å²) in [5, 5.41) is 16.8. The summed E-state index contributed by atoms with van der Waals surface area (Å²) < 4.78 is 107. The van der Waals surface area contributed by atoms with E-state index in [0.717, 1.165) is 39.4 Å². The van der Waals surface area contributed by atoms with Crippen LogP contribution < -0.4 is 118 Å². The Morgan fingerprint density at radius 2 is 0.942 bits per heavy atom. The summed E-state index contributed by atoms with van der Waals surface area (Å²) >= 11 is 0. The number of nitrogens with zero attached hydrogens (tertiary/aromatic N) is 6. The molecule has 0 saturated carbocycles. The first-order valence-corrected chi connectivity index (χ1v) is 17.7. The fourth-order valence-corrected chi connectivity index (χ4v) is 6.42. The van der Waals surface area contributed by atoms with Crippen LogP contribution in [0.15, 0.2) is 112 Å². The molecule has 0 atom stereocenters. The van der Waals surface area contributed by atoms with Crippen LogP contribution in [0.2, 0.25) is 0 Å². The third-order valence-corrected chi connectivity index (χ3v) is 9.51. The monoisotopic (exact) mass is 794 g/mol. The van der Waals surface area contributed by atoms with Crippen LogP contribution in [-0.2, 0) is 30.4 Å². The van der Waals surface area contributed by atoms with Crippen LogP contribution in [0.4, 0.5) is 0 Å². The average molecular weight is 795 g/mol. The third kappa shape index (κ3) is 11.1. The zero-order valence-corrected chi connectivity index (χ0v) is 38.4. The molecule has 6 aromatic rings. The van der Waals surface area contributed by atoms with Gasteiger partial charge in [0.2, 0.25) is 0 Å². The molecule has 0 aliphatic carbocycles. The molecule has 15 nitrogen and oxygen atoms in total. The van der Waals surface area contributed by atoms with Crippen molar-refractivity contribution in [3.05, 3.63) is 115 Å². The summed E-state index contributed by atoms with van der Waals surface area (Å²) in [5.74, 6) is 0. The average Bonchev–Trinajstić information content (AvgIpc) is 3.74. The van der Waals surface area contributed by atoms with Crippen LogP contribution in [0.5, 0.6) is 0 Å². The molecule has 244 valence electrons. The van der Waals surface area contributed by atoms with Gasteiger partial charge in [-0.1, -0.05) is 36.4 Å². The Hall–Kier alpha value is -1.37. The number of rotatable bonds is 9. The van der Waals surface area contributed by atoms with Gasteiger partial charge < -0.3 is 13.7 Å². The van der Waals surface area contributed by atoms with Crippen molar-refractivity contribution in [3.8, 4) is 33.9 Å². The smallest absolute Gasteiger partial charge is 0.744 e. The van der Waals surface area contributed by atoms with E-state index < -0.39 is 45.0 Å². The predicted octanol–water partition coefficient (Wildman–Crippen LogP) is -9.12. The molecule has 0 aliphatic rings. The van der Waals surface area contributed by atoms with Gasteiger partial charge in [0.1, 0.15) is 36.0 Å². The van der Waals surface area contributed by atoms with Crippen molar-refractivity contribution >= 4 is 42.5 Å². The minimum atomic E-state index is -5.09. The topological polar surface area (TPSA) is 233 Å². The molecule has 0 aliphatic heterocycles. The summed E-state index contributed by atoms with van der Waals surface area (Å²) in [4.78, 5) is 0.420. The van der Waals surface area contributed by atoms with E-state index in [4.69, 9.17) is 0 Å². The largest absolute Gasteiger partial charge is 1.00 e. The molecule has 0 radical (unpaired) electrons. The molecule has 52 heavy (non-hydrogen) atoms. The normalized spacial score (nSPS) is 11.5. The Morgan fingerprint density at radius 3 is 1.33 bits per heavy atom. The fraction of sp³-hybridized carbons (Fsp3) is 0. The molecule has 0 N–H and O–H groups in total. The van der Waals surface area contributed by atoms with Crippen LogP contribution >= 0.6 is 0 Å². The van der Waals surface area contributed by atoms with E-state index in [9.17, 15) is 38.9 Å². The molecule has 0 saturated heterocycles. The van der Waals surface area contributed by atoms with E-state index in [0.29, 0.717) is 11.3 Å². The van der Waals surface area contributed by atoms with Gasteiger partial charge in [-0.2, -0.15) is 55.2 Å². The SMILES string of the molecule is O=S(=O)([O-])c1ccc(-c2cnn(-c3ccc(C=Cc4ccc(-n5ncc(-c6cc[c-]cc6)n5)cc4S(=O)(=O)[O-])c(S(=O)(=O)[O-])c3)n2)cc1.[Na+].[Na+].[Na+].[Na+]. The summed E-state index contributed by atoms with van der Waals surface area (Å²) in [6, 6.07) is 22.2. The van der Waals surface area contributed by atoms with Gasteiger partial charge in [0, 0.05) is 5.56 Å². The van der Waals surface area contributed by atoms with Crippen molar-refractivity contribution in [2.45, 2.75) is 14.7 Å². The van der Waals surface area contributed by atoms with Gasteiger partial charge in [0.25, 0.3) is 0 Å². The van der Waals surface area contributed by atoms with Gasteiger partial charge in [-0.05, 0) is 47.5 Å². The Kier molecular flexibility index (Phi) is 17.1. The predicted molar refractivity (Wildman–Crippen MR) is 165 cm³/mol. The first-order valence-electron chi connectivity index (χ1n) is 13.4. The van der Waals surface area contributed by atoms with Crippen LogP contribution in [0.1, 0.15) is 11.1 Å².